The van der Waals surface area contributed by atoms with E-state index in [1.807, 2.05) is 13.8 Å². The quantitative estimate of drug-likeness (QED) is 0.169. The van der Waals surface area contributed by atoms with Gasteiger partial charge in [-0.15, -0.1) is 0 Å². The standard InChI is InChI=1S/C41H26F6N4O2/c1-21-9-15-33-35(48-21)50-37(52-33)27-7-3-5-23(17-27)25-11-13-29-30-14-12-26(20-32(30)39(31(29)19-25,40(42,43)44)41(45,46)47)24-6-4-8-28(18-24)38-51-36-34(53-38)16-10-22(2)49-36/h3-9,11-15,17-20H,10,16H2,1-2H3. The van der Waals surface area contributed by atoms with Gasteiger partial charge in [0.15, 0.2) is 22.8 Å². The Balaban J connectivity index is 1.15. The zero-order valence-electron chi connectivity index (χ0n) is 28.0. The lowest BCUT2D eigenvalue weighted by Gasteiger charge is -2.36. The topological polar surface area (TPSA) is 77.3 Å². The van der Waals surface area contributed by atoms with Crippen LogP contribution in [0.5, 0.6) is 0 Å². The number of hydrogen-bond acceptors (Lipinski definition) is 6. The summed E-state index contributed by atoms with van der Waals surface area (Å²) in [5.74, 6) is 1.57. The molecule has 0 unspecified atom stereocenters. The van der Waals surface area contributed by atoms with Crippen molar-refractivity contribution >= 4 is 22.8 Å². The number of hydrogen-bond donors (Lipinski definition) is 0. The number of halogens is 6. The number of oxazole rings is 2. The highest BCUT2D eigenvalue weighted by molar-refractivity contribution is 5.88. The van der Waals surface area contributed by atoms with Crippen LogP contribution in [0.3, 0.4) is 0 Å². The number of aryl methyl sites for hydroxylation is 2. The number of nitrogens with zero attached hydrogens (tertiary/aromatic N) is 4. The Bertz CT molecular complexity index is 2640. The molecule has 0 saturated heterocycles. The maximum absolute atomic E-state index is 15.4. The van der Waals surface area contributed by atoms with Crippen LogP contribution in [0.25, 0.3) is 67.5 Å². The summed E-state index contributed by atoms with van der Waals surface area (Å²) in [7, 11) is 0. The molecule has 0 atom stereocenters. The molecule has 1 aliphatic heterocycles. The monoisotopic (exact) mass is 720 g/mol. The average molecular weight is 721 g/mol. The molecule has 0 fully saturated rings. The molecule has 0 spiro atoms. The van der Waals surface area contributed by atoms with Crippen LogP contribution >= 0.6 is 0 Å². The van der Waals surface area contributed by atoms with Crippen LogP contribution in [-0.2, 0) is 11.8 Å². The van der Waals surface area contributed by atoms with Crippen LogP contribution in [0.4, 0.5) is 32.2 Å². The number of alkyl halides is 6. The lowest BCUT2D eigenvalue weighted by molar-refractivity contribution is -0.287. The lowest BCUT2D eigenvalue weighted by atomic mass is 9.75. The Labute approximate surface area is 297 Å². The maximum Gasteiger partial charge on any atom is 0.411 e. The molecule has 4 heterocycles. The molecule has 0 radical (unpaired) electrons. The molecule has 2 aliphatic rings. The van der Waals surface area contributed by atoms with E-state index in [0.717, 1.165) is 30.0 Å². The van der Waals surface area contributed by atoms with Crippen LogP contribution in [0, 0.1) is 6.92 Å². The van der Waals surface area contributed by atoms with E-state index in [0.29, 0.717) is 51.5 Å². The highest BCUT2D eigenvalue weighted by atomic mass is 19.4. The van der Waals surface area contributed by atoms with Gasteiger partial charge in [0.25, 0.3) is 0 Å². The van der Waals surface area contributed by atoms with Crippen molar-refractivity contribution in [3.63, 3.8) is 0 Å². The smallest absolute Gasteiger partial charge is 0.411 e. The van der Waals surface area contributed by atoms with E-state index in [1.54, 1.807) is 60.7 Å². The van der Waals surface area contributed by atoms with Gasteiger partial charge in [-0.25, -0.2) is 9.98 Å². The number of aromatic nitrogens is 3. The van der Waals surface area contributed by atoms with Crippen molar-refractivity contribution in [1.82, 2.24) is 15.0 Å². The van der Waals surface area contributed by atoms with Crippen LogP contribution in [0.2, 0.25) is 0 Å². The van der Waals surface area contributed by atoms with E-state index in [1.165, 1.54) is 24.3 Å². The zero-order valence-corrected chi connectivity index (χ0v) is 28.0. The number of aliphatic imine (C=N–C) groups is 1. The Hall–Kier alpha value is -6.04. The first-order valence-electron chi connectivity index (χ1n) is 16.7. The van der Waals surface area contributed by atoms with Crippen molar-refractivity contribution in [2.24, 2.45) is 4.99 Å². The first-order valence-corrected chi connectivity index (χ1v) is 16.7. The molecule has 6 nitrogen and oxygen atoms in total. The fourth-order valence-corrected chi connectivity index (χ4v) is 7.40. The van der Waals surface area contributed by atoms with Crippen molar-refractivity contribution in [2.75, 3.05) is 0 Å². The maximum atomic E-state index is 15.4. The van der Waals surface area contributed by atoms with Gasteiger partial charge in [0, 0.05) is 29.0 Å². The van der Waals surface area contributed by atoms with Crippen molar-refractivity contribution in [3.05, 3.63) is 120 Å². The zero-order chi connectivity index (χ0) is 36.9. The fraction of sp³-hybridized carbons (Fsp3) is 0.171. The van der Waals surface area contributed by atoms with Crippen molar-refractivity contribution in [1.29, 1.82) is 0 Å². The Morgan fingerprint density at radius 3 is 1.70 bits per heavy atom. The van der Waals surface area contributed by atoms with Gasteiger partial charge in [-0.2, -0.15) is 36.3 Å². The van der Waals surface area contributed by atoms with E-state index in [4.69, 9.17) is 8.83 Å². The second-order valence-corrected chi connectivity index (χ2v) is 13.3. The van der Waals surface area contributed by atoms with Crippen molar-refractivity contribution in [3.8, 4) is 56.3 Å². The summed E-state index contributed by atoms with van der Waals surface area (Å²) in [5.41, 5.74) is -1.74. The van der Waals surface area contributed by atoms with Crippen LogP contribution < -0.4 is 0 Å². The third kappa shape index (κ3) is 5.10. The highest BCUT2D eigenvalue weighted by Gasteiger charge is 2.75. The number of rotatable bonds is 4. The lowest BCUT2D eigenvalue weighted by Crippen LogP contribution is -2.53. The van der Waals surface area contributed by atoms with Crippen LogP contribution in [0.1, 0.15) is 35.9 Å². The Kier molecular flexibility index (Phi) is 7.11. The summed E-state index contributed by atoms with van der Waals surface area (Å²) in [6, 6.07) is 24.4. The largest absolute Gasteiger partial charge is 0.439 e. The third-order valence-corrected chi connectivity index (χ3v) is 9.95. The molecule has 0 saturated carbocycles. The number of benzene rings is 4. The molecule has 7 aromatic rings. The van der Waals surface area contributed by atoms with E-state index >= 15 is 26.3 Å². The summed E-state index contributed by atoms with van der Waals surface area (Å²) in [6.45, 7) is 3.70. The van der Waals surface area contributed by atoms with Crippen LogP contribution in [-0.4, -0.2) is 33.0 Å². The van der Waals surface area contributed by atoms with Gasteiger partial charge in [0.05, 0.1) is 0 Å². The first-order chi connectivity index (χ1) is 25.3. The van der Waals surface area contributed by atoms with E-state index in [-0.39, 0.29) is 34.0 Å². The second-order valence-electron chi connectivity index (χ2n) is 13.3. The van der Waals surface area contributed by atoms with Gasteiger partial charge in [0.2, 0.25) is 17.2 Å². The van der Waals surface area contributed by atoms with E-state index < -0.39 is 28.9 Å². The van der Waals surface area contributed by atoms with Gasteiger partial charge in [-0.05, 0) is 113 Å². The molecule has 4 aromatic carbocycles. The van der Waals surface area contributed by atoms with Gasteiger partial charge < -0.3 is 8.83 Å². The molecule has 0 N–H and O–H groups in total. The van der Waals surface area contributed by atoms with Gasteiger partial charge in [0.1, 0.15) is 0 Å². The van der Waals surface area contributed by atoms with Gasteiger partial charge >= 0.3 is 12.4 Å². The van der Waals surface area contributed by atoms with Gasteiger partial charge in [-0.1, -0.05) is 48.5 Å². The minimum Gasteiger partial charge on any atom is -0.439 e. The summed E-state index contributed by atoms with van der Waals surface area (Å²) in [5, 5.41) is 0. The third-order valence-electron chi connectivity index (χ3n) is 9.95. The molecule has 3 aromatic heterocycles. The second kappa shape index (κ2) is 11.5. The molecule has 53 heavy (non-hydrogen) atoms. The SMILES string of the molecule is CC1=Nc2nc(-c3cccc(-c4ccc5c(c4)C(C(F)(F)F)(C(F)(F)F)c4cc(-c6cccc(-c7nc8nc(C)ccc8o7)c6)ccc4-5)c3)oc2CC1. The molecule has 264 valence electrons. The minimum atomic E-state index is -5.74. The number of pyridine rings is 1. The normalized spacial score (nSPS) is 14.9. The summed E-state index contributed by atoms with van der Waals surface area (Å²) >= 11 is 0. The average Bonchev–Trinajstić information content (AvgIpc) is 3.83. The highest BCUT2D eigenvalue weighted by Crippen LogP contribution is 2.64. The molecule has 9 rings (SSSR count). The Morgan fingerprint density at radius 1 is 0.566 bits per heavy atom. The fourth-order valence-electron chi connectivity index (χ4n) is 7.40. The Morgan fingerprint density at radius 2 is 1.11 bits per heavy atom. The van der Waals surface area contributed by atoms with E-state index in [9.17, 15) is 0 Å². The van der Waals surface area contributed by atoms with Crippen molar-refractivity contribution in [2.45, 2.75) is 44.5 Å². The van der Waals surface area contributed by atoms with E-state index in [2.05, 4.69) is 19.9 Å². The summed E-state index contributed by atoms with van der Waals surface area (Å²) in [6.07, 6.45) is -10.1. The molecule has 1 aliphatic carbocycles. The molecular weight excluding hydrogens is 694 g/mol. The predicted molar refractivity (Wildman–Crippen MR) is 188 cm³/mol. The predicted octanol–water partition coefficient (Wildman–Crippen LogP) is 11.6. The molecule has 12 heteroatoms. The van der Waals surface area contributed by atoms with Crippen LogP contribution in [0.15, 0.2) is 111 Å². The summed E-state index contributed by atoms with van der Waals surface area (Å²) < 4.78 is 104. The number of fused-ring (bicyclic) bond motifs is 5. The van der Waals surface area contributed by atoms with Crippen molar-refractivity contribution < 1.29 is 35.2 Å². The minimum absolute atomic E-state index is 0.141. The first kappa shape index (κ1) is 32.8. The summed E-state index contributed by atoms with van der Waals surface area (Å²) in [4.78, 5) is 17.7. The molecule has 0 bridgehead atoms. The van der Waals surface area contributed by atoms with Gasteiger partial charge in [-0.3, -0.25) is 0 Å². The molecular formula is C41H26F6N4O2. The molecule has 0 amide bonds.